The zero-order valence-corrected chi connectivity index (χ0v) is 14.4. The van der Waals surface area contributed by atoms with E-state index >= 15 is 0 Å². The number of para-hydroxylation sites is 1. The Morgan fingerprint density at radius 2 is 1.75 bits per heavy atom. The lowest BCUT2D eigenvalue weighted by molar-refractivity contribution is 0.102. The van der Waals surface area contributed by atoms with Crippen molar-refractivity contribution in [3.05, 3.63) is 90.4 Å². The van der Waals surface area contributed by atoms with Crippen LogP contribution in [0.15, 0.2) is 73.1 Å². The van der Waals surface area contributed by atoms with Crippen molar-refractivity contribution in [2.24, 2.45) is 0 Å². The second-order valence-corrected chi connectivity index (χ2v) is 5.87. The molecule has 7 heteroatoms. The van der Waals surface area contributed by atoms with Crippen LogP contribution in [0.3, 0.4) is 0 Å². The number of nitrogens with one attached hydrogen (secondary N) is 1. The number of pyridine rings is 2. The van der Waals surface area contributed by atoms with Gasteiger partial charge in [-0.15, -0.1) is 0 Å². The Hall–Kier alpha value is -3.87. The van der Waals surface area contributed by atoms with E-state index < -0.39 is 23.2 Å². The molecule has 0 saturated heterocycles. The maximum absolute atomic E-state index is 13.7. The van der Waals surface area contributed by atoms with Gasteiger partial charge in [0, 0.05) is 29.5 Å². The Bertz CT molecular complexity index is 1180. The van der Waals surface area contributed by atoms with Gasteiger partial charge in [0.05, 0.1) is 11.1 Å². The molecule has 0 spiro atoms. The van der Waals surface area contributed by atoms with Gasteiger partial charge < -0.3 is 10.1 Å². The van der Waals surface area contributed by atoms with Gasteiger partial charge in [0.25, 0.3) is 5.91 Å². The van der Waals surface area contributed by atoms with Crippen molar-refractivity contribution in [1.82, 2.24) is 9.97 Å². The summed E-state index contributed by atoms with van der Waals surface area (Å²) in [6.45, 7) is 0. The number of anilines is 1. The highest BCUT2D eigenvalue weighted by Crippen LogP contribution is 2.30. The van der Waals surface area contributed by atoms with Crippen molar-refractivity contribution >= 4 is 22.5 Å². The molecule has 0 unspecified atom stereocenters. The summed E-state index contributed by atoms with van der Waals surface area (Å²) in [5, 5.41) is 3.37. The molecule has 2 aromatic carbocycles. The highest BCUT2D eigenvalue weighted by atomic mass is 19.2. The molecule has 2 aromatic heterocycles. The monoisotopic (exact) mass is 377 g/mol. The minimum Gasteiger partial charge on any atom is -0.457 e. The molecular weight excluding hydrogens is 364 g/mol. The predicted octanol–water partition coefficient (Wildman–Crippen LogP) is 4.95. The van der Waals surface area contributed by atoms with Crippen molar-refractivity contribution in [1.29, 1.82) is 0 Å². The van der Waals surface area contributed by atoms with E-state index in [9.17, 15) is 13.6 Å². The summed E-state index contributed by atoms with van der Waals surface area (Å²) in [7, 11) is 0. The van der Waals surface area contributed by atoms with Gasteiger partial charge >= 0.3 is 0 Å². The van der Waals surface area contributed by atoms with E-state index in [1.54, 1.807) is 36.5 Å². The summed E-state index contributed by atoms with van der Waals surface area (Å²) in [5.74, 6) is -2.33. The number of carbonyl (C=O) groups excluding carboxylic acids is 1. The van der Waals surface area contributed by atoms with Crippen LogP contribution in [-0.4, -0.2) is 15.9 Å². The van der Waals surface area contributed by atoms with Gasteiger partial charge in [-0.2, -0.15) is 4.39 Å². The first-order valence-corrected chi connectivity index (χ1v) is 8.35. The molecule has 1 N–H and O–H groups in total. The second-order valence-electron chi connectivity index (χ2n) is 5.87. The van der Waals surface area contributed by atoms with Gasteiger partial charge in [0.2, 0.25) is 5.95 Å². The number of ether oxygens (including phenoxy) is 1. The van der Waals surface area contributed by atoms with Crippen LogP contribution in [0.5, 0.6) is 11.5 Å². The fraction of sp³-hybridized carbons (Fsp3) is 0. The van der Waals surface area contributed by atoms with Crippen LogP contribution in [0.25, 0.3) is 10.9 Å². The van der Waals surface area contributed by atoms with Crippen LogP contribution in [0, 0.1) is 11.8 Å². The van der Waals surface area contributed by atoms with Crippen LogP contribution in [-0.2, 0) is 0 Å². The Balaban J connectivity index is 1.58. The quantitative estimate of drug-likeness (QED) is 0.511. The smallest absolute Gasteiger partial charge is 0.258 e. The summed E-state index contributed by atoms with van der Waals surface area (Å²) in [6, 6.07) is 17.0. The molecular formula is C21H13F2N3O2. The number of halogens is 2. The molecule has 0 bridgehead atoms. The van der Waals surface area contributed by atoms with Crippen molar-refractivity contribution < 1.29 is 18.3 Å². The Morgan fingerprint density at radius 3 is 2.64 bits per heavy atom. The first kappa shape index (κ1) is 17.5. The number of hydrogen-bond acceptors (Lipinski definition) is 4. The fourth-order valence-electron chi connectivity index (χ4n) is 2.71. The van der Waals surface area contributed by atoms with Crippen molar-refractivity contribution in [3.8, 4) is 11.5 Å². The third-order valence-corrected chi connectivity index (χ3v) is 4.02. The molecule has 0 aliphatic heterocycles. The number of rotatable bonds is 4. The van der Waals surface area contributed by atoms with Crippen molar-refractivity contribution in [2.75, 3.05) is 5.32 Å². The van der Waals surface area contributed by atoms with Crippen LogP contribution in [0.2, 0.25) is 0 Å². The van der Waals surface area contributed by atoms with Gasteiger partial charge in [-0.1, -0.05) is 18.2 Å². The lowest BCUT2D eigenvalue weighted by Gasteiger charge is -2.11. The van der Waals surface area contributed by atoms with Crippen LogP contribution >= 0.6 is 0 Å². The van der Waals surface area contributed by atoms with Gasteiger partial charge in [0.1, 0.15) is 11.5 Å². The molecule has 138 valence electrons. The van der Waals surface area contributed by atoms with E-state index in [-0.39, 0.29) is 0 Å². The van der Waals surface area contributed by atoms with E-state index in [2.05, 4.69) is 15.3 Å². The number of hydrogen-bond donors (Lipinski definition) is 1. The van der Waals surface area contributed by atoms with E-state index in [1.165, 1.54) is 0 Å². The first-order chi connectivity index (χ1) is 13.6. The lowest BCUT2D eigenvalue weighted by atomic mass is 10.2. The number of benzene rings is 2. The summed E-state index contributed by atoms with van der Waals surface area (Å²) >= 11 is 0. The van der Waals surface area contributed by atoms with Gasteiger partial charge in [-0.05, 0) is 36.4 Å². The van der Waals surface area contributed by atoms with Gasteiger partial charge in [-0.25, -0.2) is 9.37 Å². The minimum absolute atomic E-state index is 0.373. The molecule has 28 heavy (non-hydrogen) atoms. The normalized spacial score (nSPS) is 10.6. The Labute approximate surface area is 158 Å². The molecule has 1 amide bonds. The van der Waals surface area contributed by atoms with Crippen molar-refractivity contribution in [3.63, 3.8) is 0 Å². The first-order valence-electron chi connectivity index (χ1n) is 8.35. The largest absolute Gasteiger partial charge is 0.457 e. The third kappa shape index (κ3) is 3.50. The Kier molecular flexibility index (Phi) is 4.63. The number of carbonyl (C=O) groups is 1. The summed E-state index contributed by atoms with van der Waals surface area (Å²) in [6.07, 6.45) is 2.67. The van der Waals surface area contributed by atoms with Crippen LogP contribution < -0.4 is 10.1 Å². The zero-order valence-electron chi connectivity index (χ0n) is 14.4. The van der Waals surface area contributed by atoms with E-state index in [0.29, 0.717) is 17.2 Å². The highest BCUT2D eigenvalue weighted by Gasteiger charge is 2.16. The molecule has 4 aromatic rings. The highest BCUT2D eigenvalue weighted by molar-refractivity contribution is 6.04. The molecule has 0 atom stereocenters. The van der Waals surface area contributed by atoms with Crippen LogP contribution in [0.4, 0.5) is 14.5 Å². The molecule has 4 rings (SSSR count). The molecule has 2 heterocycles. The minimum atomic E-state index is -1.32. The van der Waals surface area contributed by atoms with E-state index in [4.69, 9.17) is 4.74 Å². The molecule has 0 fully saturated rings. The Morgan fingerprint density at radius 1 is 0.929 bits per heavy atom. The van der Waals surface area contributed by atoms with Gasteiger partial charge in [-0.3, -0.25) is 9.78 Å². The average molecular weight is 377 g/mol. The standard InChI is InChI=1S/C21H13F2N3O2/c22-19-16(8-10-25-20(19)23)21(27)26-13-4-3-5-14(12-13)28-18-9-11-24-17-7-2-1-6-15(17)18/h1-12H,(H,26,27). The summed E-state index contributed by atoms with van der Waals surface area (Å²) in [4.78, 5) is 19.7. The molecule has 0 radical (unpaired) electrons. The topological polar surface area (TPSA) is 64.1 Å². The van der Waals surface area contributed by atoms with E-state index in [1.807, 2.05) is 24.3 Å². The van der Waals surface area contributed by atoms with Gasteiger partial charge in [0.15, 0.2) is 5.82 Å². The maximum atomic E-state index is 13.7. The number of nitrogens with zero attached hydrogens (tertiary/aromatic N) is 2. The third-order valence-electron chi connectivity index (χ3n) is 4.02. The number of amides is 1. The number of aromatic nitrogens is 2. The number of fused-ring (bicyclic) bond motifs is 1. The lowest BCUT2D eigenvalue weighted by Crippen LogP contribution is -2.15. The van der Waals surface area contributed by atoms with Crippen molar-refractivity contribution in [2.45, 2.75) is 0 Å². The maximum Gasteiger partial charge on any atom is 0.258 e. The summed E-state index contributed by atoms with van der Waals surface area (Å²) in [5.41, 5.74) is 0.732. The molecule has 0 saturated carbocycles. The predicted molar refractivity (Wildman–Crippen MR) is 100 cm³/mol. The fourth-order valence-corrected chi connectivity index (χ4v) is 2.71. The molecule has 5 nitrogen and oxygen atoms in total. The zero-order chi connectivity index (χ0) is 19.5. The SMILES string of the molecule is O=C(Nc1cccc(Oc2ccnc3ccccc23)c1)c1ccnc(F)c1F. The summed E-state index contributed by atoms with van der Waals surface area (Å²) < 4.78 is 32.9. The molecule has 0 aliphatic rings. The second kappa shape index (κ2) is 7.40. The van der Waals surface area contributed by atoms with Crippen LogP contribution in [0.1, 0.15) is 10.4 Å². The average Bonchev–Trinajstić information content (AvgIpc) is 2.70. The van der Waals surface area contributed by atoms with E-state index in [0.717, 1.165) is 23.2 Å². The molecule has 0 aliphatic carbocycles.